The lowest BCUT2D eigenvalue weighted by Crippen LogP contribution is -2.21. The molecule has 0 atom stereocenters. The maximum atomic E-state index is 8.41. The first-order valence-corrected chi connectivity index (χ1v) is 4.94. The van der Waals surface area contributed by atoms with Gasteiger partial charge in [-0.2, -0.15) is 23.5 Å². The molecule has 1 aliphatic rings. The molecular weight excluding hydrogens is 140 g/mol. The topological polar surface area (TPSA) is 20.2 Å². The number of aliphatic hydroxyl groups is 1. The lowest BCUT2D eigenvalue weighted by Gasteiger charge is -2.23. The third-order valence-electron chi connectivity index (χ3n) is 1.05. The van der Waals surface area contributed by atoms with E-state index in [1.807, 2.05) is 23.5 Å². The molecule has 1 nitrogen and oxygen atoms in total. The summed E-state index contributed by atoms with van der Waals surface area (Å²) in [6.45, 7) is 0.339. The Bertz CT molecular complexity index is 63.4. The fourth-order valence-corrected chi connectivity index (χ4v) is 2.74. The minimum absolute atomic E-state index is 0.339. The smallest absolute Gasteiger partial charge is 0.0521 e. The van der Waals surface area contributed by atoms with E-state index in [4.69, 9.17) is 5.11 Å². The summed E-state index contributed by atoms with van der Waals surface area (Å²) in [5.74, 6) is 3.51. The number of aliphatic hydroxyl groups excluding tert-OH is 1. The monoisotopic (exact) mass is 150 g/mol. The van der Waals surface area contributed by atoms with E-state index in [0.717, 1.165) is 11.0 Å². The molecule has 0 amide bonds. The van der Waals surface area contributed by atoms with Crippen LogP contribution in [0, 0.1) is 0 Å². The van der Waals surface area contributed by atoms with Crippen LogP contribution < -0.4 is 0 Å². The largest absolute Gasteiger partial charge is 0.396 e. The Balaban J connectivity index is 1.86. The Hall–Kier alpha value is 0.660. The van der Waals surface area contributed by atoms with Crippen molar-refractivity contribution in [2.24, 2.45) is 0 Å². The lowest BCUT2D eigenvalue weighted by atomic mass is 10.5. The Labute approximate surface area is 58.2 Å². The van der Waals surface area contributed by atoms with E-state index < -0.39 is 0 Å². The van der Waals surface area contributed by atoms with Gasteiger partial charge in [-0.25, -0.2) is 0 Å². The average molecular weight is 150 g/mol. The van der Waals surface area contributed by atoms with Gasteiger partial charge in [-0.1, -0.05) is 0 Å². The quantitative estimate of drug-likeness (QED) is 0.643. The van der Waals surface area contributed by atoms with Crippen LogP contribution in [0.3, 0.4) is 0 Å². The van der Waals surface area contributed by atoms with Gasteiger partial charge in [-0.15, -0.1) is 0 Å². The predicted octanol–water partition coefficient (Wildman–Crippen LogP) is 0.827. The normalized spacial score (nSPS) is 20.6. The zero-order valence-corrected chi connectivity index (χ0v) is 6.30. The summed E-state index contributed by atoms with van der Waals surface area (Å²) in [6, 6.07) is 0. The van der Waals surface area contributed by atoms with Crippen molar-refractivity contribution in [1.82, 2.24) is 0 Å². The summed E-state index contributed by atoms with van der Waals surface area (Å²) in [7, 11) is 0. The van der Waals surface area contributed by atoms with Gasteiger partial charge in [-0.3, -0.25) is 0 Å². The van der Waals surface area contributed by atoms with Crippen LogP contribution in [0.2, 0.25) is 0 Å². The van der Waals surface area contributed by atoms with Crippen molar-refractivity contribution in [3.05, 3.63) is 0 Å². The fourth-order valence-electron chi connectivity index (χ4n) is 0.530. The first-order chi connectivity index (χ1) is 3.93. The van der Waals surface area contributed by atoms with Gasteiger partial charge in [0.15, 0.2) is 0 Å². The molecule has 0 unspecified atom stereocenters. The van der Waals surface area contributed by atoms with Crippen molar-refractivity contribution in [1.29, 1.82) is 0 Å². The Morgan fingerprint density at radius 1 is 1.62 bits per heavy atom. The fraction of sp³-hybridized carbons (Fsp3) is 1.00. The second kappa shape index (κ2) is 3.64. The van der Waals surface area contributed by atoms with E-state index in [9.17, 15) is 0 Å². The molecule has 0 aromatic carbocycles. The van der Waals surface area contributed by atoms with Crippen molar-refractivity contribution >= 4 is 23.5 Å². The molecule has 0 radical (unpaired) electrons. The SMILES string of the molecule is OCCSC1CSC1. The number of hydrogen-bond acceptors (Lipinski definition) is 3. The van der Waals surface area contributed by atoms with Crippen molar-refractivity contribution in [3.8, 4) is 0 Å². The van der Waals surface area contributed by atoms with E-state index in [2.05, 4.69) is 0 Å². The molecule has 1 N–H and O–H groups in total. The number of hydrogen-bond donors (Lipinski definition) is 1. The zero-order valence-electron chi connectivity index (χ0n) is 4.67. The molecule has 1 fully saturated rings. The summed E-state index contributed by atoms with van der Waals surface area (Å²) >= 11 is 3.89. The molecule has 0 bridgehead atoms. The highest BCUT2D eigenvalue weighted by atomic mass is 32.2. The van der Waals surface area contributed by atoms with Crippen LogP contribution in [0.15, 0.2) is 0 Å². The van der Waals surface area contributed by atoms with Gasteiger partial charge < -0.3 is 5.11 Å². The summed E-state index contributed by atoms with van der Waals surface area (Å²) in [5.41, 5.74) is 0. The molecule has 48 valence electrons. The average Bonchev–Trinajstić information content (AvgIpc) is 1.63. The highest BCUT2D eigenvalue weighted by molar-refractivity contribution is 8.07. The molecule has 1 aliphatic heterocycles. The highest BCUT2D eigenvalue weighted by Crippen LogP contribution is 2.28. The van der Waals surface area contributed by atoms with Crippen LogP contribution in [0.25, 0.3) is 0 Å². The third kappa shape index (κ3) is 1.88. The van der Waals surface area contributed by atoms with Gasteiger partial charge in [0, 0.05) is 22.5 Å². The Kier molecular flexibility index (Phi) is 3.08. The Morgan fingerprint density at radius 2 is 2.38 bits per heavy atom. The molecule has 1 saturated heterocycles. The van der Waals surface area contributed by atoms with E-state index in [-0.39, 0.29) is 0 Å². The van der Waals surface area contributed by atoms with E-state index >= 15 is 0 Å². The molecule has 8 heavy (non-hydrogen) atoms. The van der Waals surface area contributed by atoms with E-state index in [1.54, 1.807) is 0 Å². The van der Waals surface area contributed by atoms with Crippen LogP contribution in [0.1, 0.15) is 0 Å². The van der Waals surface area contributed by atoms with Crippen LogP contribution >= 0.6 is 23.5 Å². The van der Waals surface area contributed by atoms with Gasteiger partial charge in [0.05, 0.1) is 6.61 Å². The van der Waals surface area contributed by atoms with Crippen molar-refractivity contribution in [2.45, 2.75) is 5.25 Å². The van der Waals surface area contributed by atoms with Gasteiger partial charge in [0.2, 0.25) is 0 Å². The molecule has 0 aromatic rings. The van der Waals surface area contributed by atoms with Gasteiger partial charge in [0.1, 0.15) is 0 Å². The summed E-state index contributed by atoms with van der Waals surface area (Å²) in [5, 5.41) is 9.26. The van der Waals surface area contributed by atoms with Crippen molar-refractivity contribution in [3.63, 3.8) is 0 Å². The summed E-state index contributed by atoms with van der Waals surface area (Å²) in [6.07, 6.45) is 0. The summed E-state index contributed by atoms with van der Waals surface area (Å²) < 4.78 is 0. The third-order valence-corrected chi connectivity index (χ3v) is 3.97. The minimum Gasteiger partial charge on any atom is -0.396 e. The van der Waals surface area contributed by atoms with E-state index in [1.165, 1.54) is 11.5 Å². The maximum absolute atomic E-state index is 8.41. The summed E-state index contributed by atoms with van der Waals surface area (Å²) in [4.78, 5) is 0. The molecule has 0 spiro atoms. The van der Waals surface area contributed by atoms with Crippen LogP contribution in [0.4, 0.5) is 0 Å². The molecule has 0 aromatic heterocycles. The standard InChI is InChI=1S/C5H10OS2/c6-1-2-8-5-3-7-4-5/h5-6H,1-4H2. The molecule has 0 aliphatic carbocycles. The zero-order chi connectivity index (χ0) is 5.82. The van der Waals surface area contributed by atoms with Gasteiger partial charge >= 0.3 is 0 Å². The molecule has 3 heteroatoms. The van der Waals surface area contributed by atoms with Crippen LogP contribution in [-0.4, -0.2) is 34.2 Å². The van der Waals surface area contributed by atoms with Gasteiger partial charge in [-0.05, 0) is 0 Å². The minimum atomic E-state index is 0.339. The molecule has 1 rings (SSSR count). The van der Waals surface area contributed by atoms with Crippen molar-refractivity contribution in [2.75, 3.05) is 23.9 Å². The van der Waals surface area contributed by atoms with Crippen LogP contribution in [0.5, 0.6) is 0 Å². The Morgan fingerprint density at radius 3 is 2.75 bits per heavy atom. The molecular formula is C5H10OS2. The van der Waals surface area contributed by atoms with Gasteiger partial charge in [0.25, 0.3) is 0 Å². The maximum Gasteiger partial charge on any atom is 0.0521 e. The molecule has 0 saturated carbocycles. The van der Waals surface area contributed by atoms with Crippen LogP contribution in [-0.2, 0) is 0 Å². The highest BCUT2D eigenvalue weighted by Gasteiger charge is 2.17. The molecule has 1 heterocycles. The first kappa shape index (κ1) is 6.78. The number of rotatable bonds is 3. The second-order valence-corrected chi connectivity index (χ2v) is 4.24. The van der Waals surface area contributed by atoms with E-state index in [0.29, 0.717) is 6.61 Å². The van der Waals surface area contributed by atoms with Crippen molar-refractivity contribution < 1.29 is 5.11 Å². The second-order valence-electron chi connectivity index (χ2n) is 1.75. The first-order valence-electron chi connectivity index (χ1n) is 2.73. The predicted molar refractivity (Wildman–Crippen MR) is 40.7 cm³/mol. The number of thioether (sulfide) groups is 2. The lowest BCUT2D eigenvalue weighted by molar-refractivity contribution is 0.322.